The van der Waals surface area contributed by atoms with Crippen LogP contribution in [0.5, 0.6) is 0 Å². The Labute approximate surface area is 167 Å². The average Bonchev–Trinajstić information content (AvgIpc) is 3.55. The lowest BCUT2D eigenvalue weighted by atomic mass is 10.0. The first-order chi connectivity index (χ1) is 13.6. The monoisotopic (exact) mass is 394 g/mol. The molecule has 0 aliphatic heterocycles. The van der Waals surface area contributed by atoms with Crippen molar-refractivity contribution in [1.82, 2.24) is 10.3 Å². The first kappa shape index (κ1) is 18.4. The molecule has 1 aromatic heterocycles. The Balaban J connectivity index is 1.37. The summed E-state index contributed by atoms with van der Waals surface area (Å²) in [7, 11) is 0. The number of aromatic nitrogens is 1. The summed E-state index contributed by atoms with van der Waals surface area (Å²) in [6, 6.07) is 18.3. The minimum absolute atomic E-state index is 0.0381. The molecule has 1 N–H and O–H groups in total. The zero-order chi connectivity index (χ0) is 19.5. The highest BCUT2D eigenvalue weighted by molar-refractivity contribution is 6.29. The highest BCUT2D eigenvalue weighted by Gasteiger charge is 2.33. The van der Waals surface area contributed by atoms with Crippen LogP contribution in [0.3, 0.4) is 0 Å². The third-order valence-corrected chi connectivity index (χ3v) is 5.00. The van der Waals surface area contributed by atoms with Gasteiger partial charge in [0.05, 0.1) is 17.1 Å². The van der Waals surface area contributed by atoms with Gasteiger partial charge in [-0.3, -0.25) is 4.79 Å². The van der Waals surface area contributed by atoms with Crippen molar-refractivity contribution >= 4 is 34.4 Å². The van der Waals surface area contributed by atoms with Crippen molar-refractivity contribution in [2.75, 3.05) is 6.61 Å². The molecule has 2 aromatic carbocycles. The fourth-order valence-electron chi connectivity index (χ4n) is 3.22. The van der Waals surface area contributed by atoms with Crippen LogP contribution in [0.1, 0.15) is 34.8 Å². The van der Waals surface area contributed by atoms with E-state index in [9.17, 15) is 9.59 Å². The number of carbonyl (C=O) groups excluding carboxylic acids is 2. The van der Waals surface area contributed by atoms with Crippen molar-refractivity contribution < 1.29 is 14.3 Å². The zero-order valence-electron chi connectivity index (χ0n) is 15.1. The molecule has 1 fully saturated rings. The summed E-state index contributed by atoms with van der Waals surface area (Å²) in [4.78, 5) is 28.8. The minimum Gasteiger partial charge on any atom is -0.452 e. The van der Waals surface area contributed by atoms with E-state index in [1.54, 1.807) is 30.3 Å². The molecule has 5 nitrogen and oxygen atoms in total. The van der Waals surface area contributed by atoms with E-state index < -0.39 is 5.97 Å². The number of hydrogen-bond acceptors (Lipinski definition) is 4. The van der Waals surface area contributed by atoms with Gasteiger partial charge in [0.1, 0.15) is 5.15 Å². The Morgan fingerprint density at radius 1 is 1.11 bits per heavy atom. The number of pyridine rings is 1. The van der Waals surface area contributed by atoms with Crippen molar-refractivity contribution in [3.63, 3.8) is 0 Å². The number of benzene rings is 2. The van der Waals surface area contributed by atoms with Crippen molar-refractivity contribution in [2.45, 2.75) is 18.9 Å². The number of halogens is 1. The number of hydrogen-bond donors (Lipinski definition) is 1. The molecule has 1 unspecified atom stereocenters. The van der Waals surface area contributed by atoms with Crippen molar-refractivity contribution in [3.05, 3.63) is 76.9 Å². The molecule has 0 bridgehead atoms. The second-order valence-electron chi connectivity index (χ2n) is 6.91. The number of rotatable bonds is 6. The SMILES string of the molecule is O=C(COC(=O)c1ccc2nc(Cl)ccc2c1)NC(c1ccccc1)C1CC1. The molecule has 0 radical (unpaired) electrons. The van der Waals surface area contributed by atoms with Gasteiger partial charge in [0.15, 0.2) is 6.61 Å². The molecule has 1 aliphatic carbocycles. The topological polar surface area (TPSA) is 68.3 Å². The molecular weight excluding hydrogens is 376 g/mol. The number of fused-ring (bicyclic) bond motifs is 1. The molecule has 1 heterocycles. The van der Waals surface area contributed by atoms with Gasteiger partial charge in [-0.25, -0.2) is 9.78 Å². The Morgan fingerprint density at radius 3 is 2.64 bits per heavy atom. The van der Waals surface area contributed by atoms with Crippen molar-refractivity contribution in [1.29, 1.82) is 0 Å². The molecular formula is C22H19ClN2O3. The second kappa shape index (κ2) is 7.98. The highest BCUT2D eigenvalue weighted by Crippen LogP contribution is 2.40. The predicted octanol–water partition coefficient (Wildman–Crippen LogP) is 4.31. The van der Waals surface area contributed by atoms with Crippen LogP contribution in [0, 0.1) is 5.92 Å². The van der Waals surface area contributed by atoms with E-state index in [1.807, 2.05) is 30.3 Å². The Hall–Kier alpha value is -2.92. The summed E-state index contributed by atoms with van der Waals surface area (Å²) >= 11 is 5.87. The summed E-state index contributed by atoms with van der Waals surface area (Å²) in [5.41, 5.74) is 2.13. The maximum atomic E-state index is 12.3. The number of nitrogens with one attached hydrogen (secondary N) is 1. The van der Waals surface area contributed by atoms with Crippen LogP contribution in [0.25, 0.3) is 10.9 Å². The predicted molar refractivity (Wildman–Crippen MR) is 107 cm³/mol. The summed E-state index contributed by atoms with van der Waals surface area (Å²) in [5, 5.41) is 4.17. The van der Waals surface area contributed by atoms with E-state index in [0.29, 0.717) is 22.2 Å². The van der Waals surface area contributed by atoms with E-state index in [4.69, 9.17) is 16.3 Å². The highest BCUT2D eigenvalue weighted by atomic mass is 35.5. The van der Waals surface area contributed by atoms with E-state index in [2.05, 4.69) is 10.3 Å². The van der Waals surface area contributed by atoms with Gasteiger partial charge >= 0.3 is 5.97 Å². The normalized spacial score (nSPS) is 14.5. The van der Waals surface area contributed by atoms with Gasteiger partial charge in [-0.1, -0.05) is 41.9 Å². The second-order valence-corrected chi connectivity index (χ2v) is 7.30. The average molecular weight is 395 g/mol. The molecule has 1 amide bonds. The smallest absolute Gasteiger partial charge is 0.338 e. The van der Waals surface area contributed by atoms with Crippen LogP contribution in [0.4, 0.5) is 0 Å². The number of nitrogens with zero attached hydrogens (tertiary/aromatic N) is 1. The van der Waals surface area contributed by atoms with Gasteiger partial charge in [0.2, 0.25) is 0 Å². The van der Waals surface area contributed by atoms with Gasteiger partial charge in [0.25, 0.3) is 5.91 Å². The summed E-state index contributed by atoms with van der Waals surface area (Å²) < 4.78 is 5.20. The van der Waals surface area contributed by atoms with Crippen LogP contribution >= 0.6 is 11.6 Å². The molecule has 1 saturated carbocycles. The van der Waals surface area contributed by atoms with Gasteiger partial charge < -0.3 is 10.1 Å². The quantitative estimate of drug-likeness (QED) is 0.499. The Kier molecular flexibility index (Phi) is 5.26. The number of carbonyl (C=O) groups is 2. The van der Waals surface area contributed by atoms with Crippen molar-refractivity contribution in [2.24, 2.45) is 5.92 Å². The van der Waals surface area contributed by atoms with Gasteiger partial charge in [0, 0.05) is 5.39 Å². The van der Waals surface area contributed by atoms with Crippen LogP contribution in [0.2, 0.25) is 5.15 Å². The summed E-state index contributed by atoms with van der Waals surface area (Å²) in [6.07, 6.45) is 2.18. The maximum Gasteiger partial charge on any atom is 0.338 e. The molecule has 3 aromatic rings. The Bertz CT molecular complexity index is 1020. The molecule has 142 valence electrons. The maximum absolute atomic E-state index is 12.3. The molecule has 6 heteroatoms. The Morgan fingerprint density at radius 2 is 1.89 bits per heavy atom. The van der Waals surface area contributed by atoms with Crippen LogP contribution in [-0.2, 0) is 9.53 Å². The van der Waals surface area contributed by atoms with Crippen LogP contribution in [0.15, 0.2) is 60.7 Å². The van der Waals surface area contributed by atoms with E-state index in [-0.39, 0.29) is 18.6 Å². The van der Waals surface area contributed by atoms with Crippen LogP contribution in [-0.4, -0.2) is 23.5 Å². The zero-order valence-corrected chi connectivity index (χ0v) is 15.9. The summed E-state index contributed by atoms with van der Waals surface area (Å²) in [6.45, 7) is -0.314. The van der Waals surface area contributed by atoms with E-state index >= 15 is 0 Å². The van der Waals surface area contributed by atoms with Gasteiger partial charge in [-0.15, -0.1) is 0 Å². The lowest BCUT2D eigenvalue weighted by molar-refractivity contribution is -0.125. The van der Waals surface area contributed by atoms with Crippen LogP contribution < -0.4 is 5.32 Å². The molecule has 4 rings (SSSR count). The molecule has 28 heavy (non-hydrogen) atoms. The first-order valence-corrected chi connectivity index (χ1v) is 9.56. The number of amides is 1. The minimum atomic E-state index is -0.547. The standard InChI is InChI=1S/C22H19ClN2O3/c23-19-11-9-16-12-17(8-10-18(16)24-19)22(27)28-13-20(26)25-21(15-6-7-15)14-4-2-1-3-5-14/h1-5,8-12,15,21H,6-7,13H2,(H,25,26). The lowest BCUT2D eigenvalue weighted by Gasteiger charge is -2.18. The third kappa shape index (κ3) is 4.31. The molecule has 0 saturated heterocycles. The van der Waals surface area contributed by atoms with E-state index in [0.717, 1.165) is 23.8 Å². The fraction of sp³-hybridized carbons (Fsp3) is 0.227. The largest absolute Gasteiger partial charge is 0.452 e. The summed E-state index contributed by atoms with van der Waals surface area (Å²) in [5.74, 6) is -0.403. The molecule has 1 aliphatic rings. The molecule has 0 spiro atoms. The number of esters is 1. The fourth-order valence-corrected chi connectivity index (χ4v) is 3.37. The van der Waals surface area contributed by atoms with E-state index in [1.165, 1.54) is 0 Å². The van der Waals surface area contributed by atoms with Crippen molar-refractivity contribution in [3.8, 4) is 0 Å². The third-order valence-electron chi connectivity index (χ3n) is 4.79. The molecule has 1 atom stereocenters. The lowest BCUT2D eigenvalue weighted by Crippen LogP contribution is -2.33. The number of ether oxygens (including phenoxy) is 1. The van der Waals surface area contributed by atoms with Gasteiger partial charge in [-0.2, -0.15) is 0 Å². The first-order valence-electron chi connectivity index (χ1n) is 9.18. The van der Waals surface area contributed by atoms with Gasteiger partial charge in [-0.05, 0) is 54.7 Å².